The molecule has 1 amide bonds. The van der Waals surface area contributed by atoms with Crippen molar-refractivity contribution in [3.05, 3.63) is 77.3 Å². The molecule has 0 spiro atoms. The molecule has 5 heteroatoms. The molecule has 0 atom stereocenters. The van der Waals surface area contributed by atoms with Gasteiger partial charge in [-0.1, -0.05) is 54.1 Å². The Morgan fingerprint density at radius 1 is 1.00 bits per heavy atom. The molecule has 0 saturated carbocycles. The average molecular weight is 409 g/mol. The third-order valence-electron chi connectivity index (χ3n) is 5.36. The monoisotopic (exact) mass is 408 g/mol. The van der Waals surface area contributed by atoms with Crippen LogP contribution in [0.15, 0.2) is 66.7 Å². The summed E-state index contributed by atoms with van der Waals surface area (Å²) in [4.78, 5) is 14.7. The molecule has 29 heavy (non-hydrogen) atoms. The SMILES string of the molecule is O=C(COc1ccc2ccccc2c1)NC1CCN(Cc2ccc(Cl)cc2)CC1. The van der Waals surface area contributed by atoms with Crippen molar-refractivity contribution in [1.82, 2.24) is 10.2 Å². The van der Waals surface area contributed by atoms with Crippen molar-refractivity contribution in [3.8, 4) is 5.75 Å². The Labute approximate surface area is 176 Å². The van der Waals surface area contributed by atoms with Crippen LogP contribution < -0.4 is 10.1 Å². The third kappa shape index (κ3) is 5.49. The van der Waals surface area contributed by atoms with Crippen LogP contribution in [0.25, 0.3) is 10.8 Å². The minimum Gasteiger partial charge on any atom is -0.484 e. The van der Waals surface area contributed by atoms with Gasteiger partial charge in [0.2, 0.25) is 0 Å². The lowest BCUT2D eigenvalue weighted by atomic mass is 10.0. The van der Waals surface area contributed by atoms with E-state index in [1.807, 2.05) is 48.5 Å². The van der Waals surface area contributed by atoms with E-state index in [0.29, 0.717) is 0 Å². The molecule has 1 saturated heterocycles. The molecule has 0 aromatic heterocycles. The van der Waals surface area contributed by atoms with E-state index in [9.17, 15) is 4.79 Å². The van der Waals surface area contributed by atoms with Crippen LogP contribution >= 0.6 is 11.6 Å². The number of benzene rings is 3. The molecule has 1 fully saturated rings. The van der Waals surface area contributed by atoms with Crippen molar-refractivity contribution >= 4 is 28.3 Å². The Balaban J connectivity index is 1.20. The highest BCUT2D eigenvalue weighted by atomic mass is 35.5. The Morgan fingerprint density at radius 3 is 2.48 bits per heavy atom. The van der Waals surface area contributed by atoms with Gasteiger partial charge in [0.15, 0.2) is 6.61 Å². The normalized spacial score (nSPS) is 15.3. The van der Waals surface area contributed by atoms with Gasteiger partial charge in [0, 0.05) is 30.7 Å². The molecule has 1 heterocycles. The van der Waals surface area contributed by atoms with Crippen molar-refractivity contribution < 1.29 is 9.53 Å². The summed E-state index contributed by atoms with van der Waals surface area (Å²) in [5.74, 6) is 0.658. The largest absolute Gasteiger partial charge is 0.484 e. The number of halogens is 1. The van der Waals surface area contributed by atoms with E-state index in [1.165, 1.54) is 5.56 Å². The second kappa shape index (κ2) is 9.29. The lowest BCUT2D eigenvalue weighted by Crippen LogP contribution is -2.45. The van der Waals surface area contributed by atoms with Gasteiger partial charge in [0.05, 0.1) is 0 Å². The molecule has 1 aliphatic rings. The van der Waals surface area contributed by atoms with Crippen molar-refractivity contribution in [2.24, 2.45) is 0 Å². The number of piperidine rings is 1. The number of nitrogens with one attached hydrogen (secondary N) is 1. The molecule has 4 nitrogen and oxygen atoms in total. The fourth-order valence-electron chi connectivity index (χ4n) is 3.76. The first-order chi connectivity index (χ1) is 14.2. The van der Waals surface area contributed by atoms with E-state index in [4.69, 9.17) is 16.3 Å². The summed E-state index contributed by atoms with van der Waals surface area (Å²) in [6, 6.07) is 22.2. The number of hydrogen-bond acceptors (Lipinski definition) is 3. The average Bonchev–Trinajstić information content (AvgIpc) is 2.75. The first kappa shape index (κ1) is 19.7. The number of fused-ring (bicyclic) bond motifs is 1. The van der Waals surface area contributed by atoms with Crippen molar-refractivity contribution in [2.75, 3.05) is 19.7 Å². The molecule has 150 valence electrons. The molecule has 0 radical (unpaired) electrons. The number of ether oxygens (including phenoxy) is 1. The molecular weight excluding hydrogens is 384 g/mol. The van der Waals surface area contributed by atoms with Crippen LogP contribution in [-0.4, -0.2) is 36.5 Å². The maximum absolute atomic E-state index is 12.3. The highest BCUT2D eigenvalue weighted by Gasteiger charge is 2.20. The van der Waals surface area contributed by atoms with Gasteiger partial charge in [-0.05, 0) is 53.4 Å². The lowest BCUT2D eigenvalue weighted by Gasteiger charge is -2.32. The number of nitrogens with zero attached hydrogens (tertiary/aromatic N) is 1. The quantitative estimate of drug-likeness (QED) is 0.645. The van der Waals surface area contributed by atoms with Crippen LogP contribution in [0, 0.1) is 0 Å². The molecule has 0 aliphatic carbocycles. The Bertz CT molecular complexity index is 966. The lowest BCUT2D eigenvalue weighted by molar-refractivity contribution is -0.124. The highest BCUT2D eigenvalue weighted by Crippen LogP contribution is 2.20. The summed E-state index contributed by atoms with van der Waals surface area (Å²) in [5, 5.41) is 6.15. The van der Waals surface area contributed by atoms with E-state index < -0.39 is 0 Å². The second-order valence-electron chi connectivity index (χ2n) is 7.54. The summed E-state index contributed by atoms with van der Waals surface area (Å²) in [6.07, 6.45) is 1.91. The summed E-state index contributed by atoms with van der Waals surface area (Å²) in [7, 11) is 0. The summed E-state index contributed by atoms with van der Waals surface area (Å²) >= 11 is 5.95. The van der Waals surface area contributed by atoms with Crippen molar-refractivity contribution in [3.63, 3.8) is 0 Å². The van der Waals surface area contributed by atoms with Crippen LogP contribution in [0.5, 0.6) is 5.75 Å². The van der Waals surface area contributed by atoms with E-state index in [0.717, 1.165) is 54.0 Å². The maximum atomic E-state index is 12.3. The smallest absolute Gasteiger partial charge is 0.258 e. The number of rotatable bonds is 6. The predicted molar refractivity (Wildman–Crippen MR) is 117 cm³/mol. The van der Waals surface area contributed by atoms with E-state index >= 15 is 0 Å². The molecule has 3 aromatic rings. The van der Waals surface area contributed by atoms with Crippen LogP contribution in [0.3, 0.4) is 0 Å². The Morgan fingerprint density at radius 2 is 1.72 bits per heavy atom. The number of likely N-dealkylation sites (tertiary alicyclic amines) is 1. The first-order valence-electron chi connectivity index (χ1n) is 10.0. The van der Waals surface area contributed by atoms with Gasteiger partial charge in [-0.15, -0.1) is 0 Å². The van der Waals surface area contributed by atoms with Crippen LogP contribution in [0.1, 0.15) is 18.4 Å². The fraction of sp³-hybridized carbons (Fsp3) is 0.292. The third-order valence-corrected chi connectivity index (χ3v) is 5.61. The molecule has 3 aromatic carbocycles. The molecule has 1 aliphatic heterocycles. The van der Waals surface area contributed by atoms with Crippen LogP contribution in [-0.2, 0) is 11.3 Å². The van der Waals surface area contributed by atoms with Crippen molar-refractivity contribution in [1.29, 1.82) is 0 Å². The topological polar surface area (TPSA) is 41.6 Å². The molecular formula is C24H25ClN2O2. The van der Waals surface area contributed by atoms with Gasteiger partial charge < -0.3 is 10.1 Å². The number of carbonyl (C=O) groups excluding carboxylic acids is 1. The van der Waals surface area contributed by atoms with Gasteiger partial charge in [0.25, 0.3) is 5.91 Å². The zero-order chi connectivity index (χ0) is 20.1. The fourth-order valence-corrected chi connectivity index (χ4v) is 3.88. The van der Waals surface area contributed by atoms with Gasteiger partial charge in [-0.2, -0.15) is 0 Å². The molecule has 4 rings (SSSR count). The summed E-state index contributed by atoms with van der Waals surface area (Å²) < 4.78 is 5.69. The Kier molecular flexibility index (Phi) is 6.33. The second-order valence-corrected chi connectivity index (χ2v) is 7.98. The number of amides is 1. The first-order valence-corrected chi connectivity index (χ1v) is 10.4. The van der Waals surface area contributed by atoms with E-state index in [-0.39, 0.29) is 18.6 Å². The molecule has 0 unspecified atom stereocenters. The van der Waals surface area contributed by atoms with Gasteiger partial charge >= 0.3 is 0 Å². The zero-order valence-corrected chi connectivity index (χ0v) is 17.1. The van der Waals surface area contributed by atoms with Gasteiger partial charge in [-0.3, -0.25) is 9.69 Å². The zero-order valence-electron chi connectivity index (χ0n) is 16.3. The van der Waals surface area contributed by atoms with E-state index in [2.05, 4.69) is 28.4 Å². The minimum absolute atomic E-state index is 0.0450. The summed E-state index contributed by atoms with van der Waals surface area (Å²) in [6.45, 7) is 2.91. The van der Waals surface area contributed by atoms with Gasteiger partial charge in [-0.25, -0.2) is 0 Å². The van der Waals surface area contributed by atoms with Crippen LogP contribution in [0.4, 0.5) is 0 Å². The standard InChI is InChI=1S/C24H25ClN2O2/c25-21-8-5-18(6-9-21)16-27-13-11-22(12-14-27)26-24(28)17-29-23-10-7-19-3-1-2-4-20(19)15-23/h1-10,15,22H,11-14,16-17H2,(H,26,28). The van der Waals surface area contributed by atoms with Crippen LogP contribution in [0.2, 0.25) is 5.02 Å². The maximum Gasteiger partial charge on any atom is 0.258 e. The minimum atomic E-state index is -0.0608. The predicted octanol–water partition coefficient (Wildman–Crippen LogP) is 4.65. The summed E-state index contributed by atoms with van der Waals surface area (Å²) in [5.41, 5.74) is 1.26. The van der Waals surface area contributed by atoms with Crippen molar-refractivity contribution in [2.45, 2.75) is 25.4 Å². The molecule has 0 bridgehead atoms. The molecule has 1 N–H and O–H groups in total. The Hall–Kier alpha value is -2.56. The van der Waals surface area contributed by atoms with E-state index in [1.54, 1.807) is 0 Å². The number of hydrogen-bond donors (Lipinski definition) is 1. The van der Waals surface area contributed by atoms with Gasteiger partial charge in [0.1, 0.15) is 5.75 Å². The highest BCUT2D eigenvalue weighted by molar-refractivity contribution is 6.30. The number of carbonyl (C=O) groups is 1.